The van der Waals surface area contributed by atoms with Gasteiger partial charge in [0.25, 0.3) is 5.89 Å². The summed E-state index contributed by atoms with van der Waals surface area (Å²) in [6.07, 6.45) is 0. The van der Waals surface area contributed by atoms with Crippen LogP contribution in [0.5, 0.6) is 0 Å². The van der Waals surface area contributed by atoms with Crippen molar-refractivity contribution in [3.8, 4) is 0 Å². The van der Waals surface area contributed by atoms with Crippen LogP contribution >= 0.6 is 39.7 Å². The number of rotatable bonds is 1. The number of nitrogens with zero attached hydrogens (tertiary/aromatic N) is 1. The molecule has 0 aliphatic heterocycles. The highest BCUT2D eigenvalue weighted by Gasteiger charge is 2.11. The van der Waals surface area contributed by atoms with E-state index >= 15 is 0 Å². The van der Waals surface area contributed by atoms with Crippen LogP contribution in [0.4, 0.5) is 0 Å². The Morgan fingerprint density at radius 2 is 2.29 bits per heavy atom. The van der Waals surface area contributed by atoms with Crippen LogP contribution < -0.4 is 5.73 Å². The zero-order valence-corrected chi connectivity index (χ0v) is 9.91. The van der Waals surface area contributed by atoms with Gasteiger partial charge in [-0.1, -0.05) is 39.7 Å². The van der Waals surface area contributed by atoms with Crippen LogP contribution in [0.2, 0.25) is 5.02 Å². The molecule has 1 aromatic heterocycles. The van der Waals surface area contributed by atoms with Gasteiger partial charge in [-0.25, -0.2) is 4.98 Å². The zero-order chi connectivity index (χ0) is 10.3. The number of fused-ring (bicyclic) bond motifs is 1. The smallest absolute Gasteiger partial charge is 0.255 e. The molecular weight excluding hydrogens is 288 g/mol. The fraction of sp³-hybridized carbons (Fsp3) is 0. The van der Waals surface area contributed by atoms with E-state index < -0.39 is 0 Å². The molecule has 0 saturated carbocycles. The van der Waals surface area contributed by atoms with Crippen LogP contribution in [-0.2, 0) is 0 Å². The second kappa shape index (κ2) is 3.49. The van der Waals surface area contributed by atoms with Crippen LogP contribution in [0.25, 0.3) is 11.1 Å². The van der Waals surface area contributed by atoms with Crippen LogP contribution in [0.1, 0.15) is 5.89 Å². The summed E-state index contributed by atoms with van der Waals surface area (Å²) in [7, 11) is 0. The van der Waals surface area contributed by atoms with Crippen molar-refractivity contribution < 1.29 is 4.42 Å². The van der Waals surface area contributed by atoms with Gasteiger partial charge in [-0.2, -0.15) is 0 Å². The molecule has 0 spiro atoms. The normalized spacial score (nSPS) is 10.7. The molecule has 3 nitrogen and oxygen atoms in total. The lowest BCUT2D eigenvalue weighted by atomic mass is 10.3. The van der Waals surface area contributed by atoms with Gasteiger partial charge in [-0.3, -0.25) is 0 Å². The Morgan fingerprint density at radius 3 is 2.93 bits per heavy atom. The molecule has 0 unspecified atom stereocenters. The predicted octanol–water partition coefficient (Wildman–Crippen LogP) is 2.88. The van der Waals surface area contributed by atoms with Crippen molar-refractivity contribution in [1.82, 2.24) is 4.98 Å². The van der Waals surface area contributed by atoms with E-state index in [1.165, 1.54) is 0 Å². The third-order valence-corrected chi connectivity index (χ3v) is 2.54. The number of thiocarbonyl (C=S) groups is 1. The molecule has 14 heavy (non-hydrogen) atoms. The van der Waals surface area contributed by atoms with Crippen molar-refractivity contribution in [2.75, 3.05) is 0 Å². The second-order valence-electron chi connectivity index (χ2n) is 2.62. The molecule has 0 amide bonds. The van der Waals surface area contributed by atoms with Gasteiger partial charge in [0.2, 0.25) is 0 Å². The number of hydrogen-bond donors (Lipinski definition) is 1. The van der Waals surface area contributed by atoms with E-state index in [9.17, 15) is 0 Å². The molecular formula is C8H4BrClN2OS. The highest BCUT2D eigenvalue weighted by molar-refractivity contribution is 9.10. The SMILES string of the molecule is NC(=S)c1nc2c(Cl)cc(Br)cc2o1. The van der Waals surface area contributed by atoms with Crippen molar-refractivity contribution in [2.24, 2.45) is 5.73 Å². The Labute approximate surface area is 98.4 Å². The summed E-state index contributed by atoms with van der Waals surface area (Å²) in [6.45, 7) is 0. The van der Waals surface area contributed by atoms with Gasteiger partial charge in [-0.05, 0) is 12.1 Å². The molecule has 0 aliphatic carbocycles. The fourth-order valence-electron chi connectivity index (χ4n) is 1.06. The monoisotopic (exact) mass is 290 g/mol. The minimum Gasteiger partial charge on any atom is -0.434 e. The molecule has 0 bridgehead atoms. The summed E-state index contributed by atoms with van der Waals surface area (Å²) in [5, 5.41) is 0.501. The Kier molecular flexibility index (Phi) is 2.47. The van der Waals surface area contributed by atoms with Crippen LogP contribution in [0.15, 0.2) is 21.0 Å². The first-order valence-corrected chi connectivity index (χ1v) is 5.21. The molecule has 0 atom stereocenters. The van der Waals surface area contributed by atoms with E-state index in [1.54, 1.807) is 12.1 Å². The predicted molar refractivity (Wildman–Crippen MR) is 62.6 cm³/mol. The van der Waals surface area contributed by atoms with Gasteiger partial charge in [0.05, 0.1) is 5.02 Å². The van der Waals surface area contributed by atoms with Gasteiger partial charge in [-0.15, -0.1) is 0 Å². The van der Waals surface area contributed by atoms with Crippen LogP contribution in [-0.4, -0.2) is 9.97 Å². The van der Waals surface area contributed by atoms with Gasteiger partial charge in [0.1, 0.15) is 5.52 Å². The number of halogens is 2. The Morgan fingerprint density at radius 1 is 1.57 bits per heavy atom. The Hall–Kier alpha value is -0.650. The average molecular weight is 292 g/mol. The molecule has 2 aromatic rings. The third-order valence-electron chi connectivity index (χ3n) is 1.62. The molecule has 1 heterocycles. The summed E-state index contributed by atoms with van der Waals surface area (Å²) in [5.41, 5.74) is 6.52. The van der Waals surface area contributed by atoms with Gasteiger partial charge in [0.15, 0.2) is 10.6 Å². The van der Waals surface area contributed by atoms with Crippen molar-refractivity contribution in [3.63, 3.8) is 0 Å². The number of nitrogens with two attached hydrogens (primary N) is 1. The third kappa shape index (κ3) is 1.63. The molecule has 6 heteroatoms. The number of benzene rings is 1. The molecule has 0 saturated heterocycles. The minimum atomic E-state index is 0.119. The summed E-state index contributed by atoms with van der Waals surface area (Å²) >= 11 is 14.0. The molecule has 0 fully saturated rings. The zero-order valence-electron chi connectivity index (χ0n) is 6.75. The quantitative estimate of drug-likeness (QED) is 0.821. The van der Waals surface area contributed by atoms with Crippen LogP contribution in [0.3, 0.4) is 0 Å². The molecule has 0 aliphatic rings. The maximum absolute atomic E-state index is 5.94. The molecule has 0 radical (unpaired) electrons. The molecule has 2 rings (SSSR count). The summed E-state index contributed by atoms with van der Waals surface area (Å²) in [4.78, 5) is 4.19. The highest BCUT2D eigenvalue weighted by atomic mass is 79.9. The van der Waals surface area contributed by atoms with E-state index in [1.807, 2.05) is 0 Å². The topological polar surface area (TPSA) is 52.0 Å². The van der Waals surface area contributed by atoms with Crippen molar-refractivity contribution >= 4 is 55.8 Å². The molecule has 2 N–H and O–H groups in total. The number of hydrogen-bond acceptors (Lipinski definition) is 3. The number of aromatic nitrogens is 1. The van der Waals surface area contributed by atoms with Crippen molar-refractivity contribution in [2.45, 2.75) is 0 Å². The first kappa shape index (κ1) is 9.89. The van der Waals surface area contributed by atoms with E-state index in [-0.39, 0.29) is 10.9 Å². The van der Waals surface area contributed by atoms with E-state index in [4.69, 9.17) is 34.0 Å². The lowest BCUT2D eigenvalue weighted by Gasteiger charge is -1.91. The van der Waals surface area contributed by atoms with Crippen molar-refractivity contribution in [3.05, 3.63) is 27.5 Å². The van der Waals surface area contributed by atoms with E-state index in [0.29, 0.717) is 16.1 Å². The van der Waals surface area contributed by atoms with Crippen molar-refractivity contribution in [1.29, 1.82) is 0 Å². The maximum Gasteiger partial charge on any atom is 0.255 e. The summed E-state index contributed by atoms with van der Waals surface area (Å²) < 4.78 is 6.12. The maximum atomic E-state index is 5.94. The first-order chi connectivity index (χ1) is 6.58. The molecule has 72 valence electrons. The largest absolute Gasteiger partial charge is 0.434 e. The number of oxazole rings is 1. The van der Waals surface area contributed by atoms with Crippen LogP contribution in [0, 0.1) is 0 Å². The lowest BCUT2D eigenvalue weighted by molar-refractivity contribution is 0.591. The second-order valence-corrected chi connectivity index (χ2v) is 4.38. The van der Waals surface area contributed by atoms with Gasteiger partial charge in [0, 0.05) is 4.47 Å². The minimum absolute atomic E-state index is 0.119. The summed E-state index contributed by atoms with van der Waals surface area (Å²) in [6, 6.07) is 3.49. The lowest BCUT2D eigenvalue weighted by Crippen LogP contribution is -2.09. The van der Waals surface area contributed by atoms with E-state index in [0.717, 1.165) is 4.47 Å². The highest BCUT2D eigenvalue weighted by Crippen LogP contribution is 2.28. The molecule has 1 aromatic carbocycles. The van der Waals surface area contributed by atoms with E-state index in [2.05, 4.69) is 20.9 Å². The van der Waals surface area contributed by atoms with Gasteiger partial charge < -0.3 is 10.2 Å². The standard InChI is InChI=1S/C8H4BrClN2OS/c9-3-1-4(10)6-5(2-3)13-8(12-6)7(11)14/h1-2H,(H2,11,14). The summed E-state index contributed by atoms with van der Waals surface area (Å²) in [5.74, 6) is 0.231. The Balaban J connectivity index is 2.76. The Bertz CT molecular complexity index is 525. The first-order valence-electron chi connectivity index (χ1n) is 3.63. The van der Waals surface area contributed by atoms with Gasteiger partial charge >= 0.3 is 0 Å². The average Bonchev–Trinajstić information content (AvgIpc) is 2.47. The fourth-order valence-corrected chi connectivity index (χ4v) is 1.97.